The number of aromatic nitrogens is 1. The van der Waals surface area contributed by atoms with Crippen molar-refractivity contribution in [2.45, 2.75) is 33.1 Å². The number of benzene rings is 1. The molecular formula is C16H18N4O. The number of hydrogen-bond acceptors (Lipinski definition) is 5. The molecule has 1 N–H and O–H groups in total. The summed E-state index contributed by atoms with van der Waals surface area (Å²) in [5.41, 5.74) is 4.84. The zero-order chi connectivity index (χ0) is 15.5. The van der Waals surface area contributed by atoms with Gasteiger partial charge in [0.2, 0.25) is 11.6 Å². The fourth-order valence-corrected chi connectivity index (χ4v) is 1.61. The van der Waals surface area contributed by atoms with Gasteiger partial charge in [0.05, 0.1) is 6.21 Å². The minimum absolute atomic E-state index is 0.209. The minimum Gasteiger partial charge on any atom is -0.421 e. The number of rotatable bonds is 3. The van der Waals surface area contributed by atoms with Crippen LogP contribution in [0.3, 0.4) is 0 Å². The summed E-state index contributed by atoms with van der Waals surface area (Å²) in [6, 6.07) is 9.95. The lowest BCUT2D eigenvalue weighted by Crippen LogP contribution is -2.11. The third-order valence-corrected chi connectivity index (χ3v) is 2.83. The molecule has 0 radical (unpaired) electrons. The highest BCUT2D eigenvalue weighted by Crippen LogP contribution is 2.26. The van der Waals surface area contributed by atoms with Crippen LogP contribution in [-0.4, -0.2) is 11.2 Å². The third-order valence-electron chi connectivity index (χ3n) is 2.83. The summed E-state index contributed by atoms with van der Waals surface area (Å²) in [5.74, 6) is 0.776. The molecule has 1 aromatic heterocycles. The molecular weight excluding hydrogens is 264 g/mol. The Balaban J connectivity index is 2.14. The predicted molar refractivity (Wildman–Crippen MR) is 82.3 cm³/mol. The second-order valence-electron chi connectivity index (χ2n) is 5.84. The van der Waals surface area contributed by atoms with E-state index in [9.17, 15) is 0 Å². The van der Waals surface area contributed by atoms with Crippen LogP contribution >= 0.6 is 0 Å². The van der Waals surface area contributed by atoms with Crippen molar-refractivity contribution in [1.29, 1.82) is 5.26 Å². The molecule has 0 bridgehead atoms. The van der Waals surface area contributed by atoms with E-state index < -0.39 is 0 Å². The Morgan fingerprint density at radius 2 is 1.95 bits per heavy atom. The van der Waals surface area contributed by atoms with Crippen LogP contribution in [0.15, 0.2) is 33.8 Å². The largest absolute Gasteiger partial charge is 0.421 e. The van der Waals surface area contributed by atoms with E-state index in [1.807, 2.05) is 58.0 Å². The predicted octanol–water partition coefficient (Wildman–Crippen LogP) is 3.60. The molecule has 0 aliphatic heterocycles. The lowest BCUT2D eigenvalue weighted by molar-refractivity contribution is 0.399. The zero-order valence-corrected chi connectivity index (χ0v) is 12.6. The Hall–Kier alpha value is -2.61. The van der Waals surface area contributed by atoms with E-state index in [1.165, 1.54) is 5.56 Å². The first-order valence-corrected chi connectivity index (χ1v) is 6.67. The van der Waals surface area contributed by atoms with E-state index in [0.717, 1.165) is 5.56 Å². The Morgan fingerprint density at radius 3 is 2.52 bits per heavy atom. The minimum atomic E-state index is -0.258. The molecule has 1 aromatic carbocycles. The summed E-state index contributed by atoms with van der Waals surface area (Å²) in [5, 5.41) is 13.2. The van der Waals surface area contributed by atoms with Crippen LogP contribution in [0.4, 0.5) is 5.88 Å². The molecule has 108 valence electrons. The molecule has 1 heterocycles. The second kappa shape index (κ2) is 5.80. The first kappa shape index (κ1) is 14.8. The van der Waals surface area contributed by atoms with Crippen LogP contribution in [-0.2, 0) is 5.41 Å². The summed E-state index contributed by atoms with van der Waals surface area (Å²) in [6.07, 6.45) is 1.67. The number of nitrogens with zero attached hydrogens (tertiary/aromatic N) is 3. The topological polar surface area (TPSA) is 74.2 Å². The fraction of sp³-hybridized carbons (Fsp3) is 0.312. The van der Waals surface area contributed by atoms with Crippen molar-refractivity contribution in [3.63, 3.8) is 0 Å². The van der Waals surface area contributed by atoms with Crippen LogP contribution in [0.1, 0.15) is 43.5 Å². The fourth-order valence-electron chi connectivity index (χ4n) is 1.61. The molecule has 0 aliphatic carbocycles. The highest BCUT2D eigenvalue weighted by Gasteiger charge is 2.23. The summed E-state index contributed by atoms with van der Waals surface area (Å²) < 4.78 is 5.57. The van der Waals surface area contributed by atoms with E-state index in [4.69, 9.17) is 9.68 Å². The van der Waals surface area contributed by atoms with Gasteiger partial charge in [0.1, 0.15) is 6.07 Å². The highest BCUT2D eigenvalue weighted by molar-refractivity contribution is 5.80. The molecule has 0 atom stereocenters. The van der Waals surface area contributed by atoms with Gasteiger partial charge >= 0.3 is 0 Å². The van der Waals surface area contributed by atoms with Gasteiger partial charge in [0, 0.05) is 5.41 Å². The number of oxazole rings is 1. The first-order chi connectivity index (χ1) is 9.90. The van der Waals surface area contributed by atoms with Crippen LogP contribution in [0.5, 0.6) is 0 Å². The summed E-state index contributed by atoms with van der Waals surface area (Å²) >= 11 is 0. The quantitative estimate of drug-likeness (QED) is 0.689. The van der Waals surface area contributed by atoms with Gasteiger partial charge in [-0.3, -0.25) is 0 Å². The molecule has 2 aromatic rings. The van der Waals surface area contributed by atoms with Crippen molar-refractivity contribution in [2.24, 2.45) is 5.10 Å². The molecule has 0 saturated carbocycles. The zero-order valence-electron chi connectivity index (χ0n) is 12.6. The van der Waals surface area contributed by atoms with E-state index in [-0.39, 0.29) is 17.0 Å². The molecule has 21 heavy (non-hydrogen) atoms. The second-order valence-corrected chi connectivity index (χ2v) is 5.84. The lowest BCUT2D eigenvalue weighted by Gasteiger charge is -2.11. The number of hydrogen-bond donors (Lipinski definition) is 1. The molecule has 5 heteroatoms. The van der Waals surface area contributed by atoms with E-state index in [0.29, 0.717) is 5.89 Å². The van der Waals surface area contributed by atoms with Gasteiger partial charge in [0.15, 0.2) is 0 Å². The molecule has 0 amide bonds. The first-order valence-electron chi connectivity index (χ1n) is 6.67. The molecule has 2 rings (SSSR count). The smallest absolute Gasteiger partial charge is 0.252 e. The Morgan fingerprint density at radius 1 is 1.29 bits per heavy atom. The SMILES string of the molecule is Cc1ccc(C=NNc2oc(C(C)(C)C)nc2C#N)cc1. The van der Waals surface area contributed by atoms with Crippen LogP contribution in [0.25, 0.3) is 0 Å². The molecule has 0 unspecified atom stereocenters. The van der Waals surface area contributed by atoms with Gasteiger partial charge in [-0.2, -0.15) is 15.3 Å². The summed E-state index contributed by atoms with van der Waals surface area (Å²) in [6.45, 7) is 7.94. The molecule has 0 spiro atoms. The van der Waals surface area contributed by atoms with Gasteiger partial charge in [-0.15, -0.1) is 0 Å². The average Bonchev–Trinajstić information content (AvgIpc) is 2.84. The molecule has 5 nitrogen and oxygen atoms in total. The average molecular weight is 282 g/mol. The molecule has 0 saturated heterocycles. The van der Waals surface area contributed by atoms with Crippen molar-refractivity contribution in [2.75, 3.05) is 5.43 Å². The Bertz CT molecular complexity index is 685. The normalized spacial score (nSPS) is 11.6. The molecule has 0 fully saturated rings. The van der Waals surface area contributed by atoms with Gasteiger partial charge < -0.3 is 4.42 Å². The van der Waals surface area contributed by atoms with Gasteiger partial charge in [-0.25, -0.2) is 5.43 Å². The standard InChI is InChI=1S/C16H18N4O/c1-11-5-7-12(8-6-11)10-18-20-14-13(9-17)19-15(21-14)16(2,3)4/h5-8,10,20H,1-4H3. The van der Waals surface area contributed by atoms with Crippen molar-refractivity contribution in [3.8, 4) is 6.07 Å². The van der Waals surface area contributed by atoms with Crippen molar-refractivity contribution in [1.82, 2.24) is 4.98 Å². The van der Waals surface area contributed by atoms with Crippen LogP contribution in [0.2, 0.25) is 0 Å². The van der Waals surface area contributed by atoms with Gasteiger partial charge in [-0.05, 0) is 12.5 Å². The van der Waals surface area contributed by atoms with Crippen molar-refractivity contribution >= 4 is 12.1 Å². The number of aryl methyl sites for hydroxylation is 1. The number of nitrogens with one attached hydrogen (secondary N) is 1. The number of hydrazone groups is 1. The van der Waals surface area contributed by atoms with E-state index in [2.05, 4.69) is 15.5 Å². The maximum Gasteiger partial charge on any atom is 0.252 e. The van der Waals surface area contributed by atoms with Crippen LogP contribution in [0, 0.1) is 18.3 Å². The van der Waals surface area contributed by atoms with E-state index >= 15 is 0 Å². The van der Waals surface area contributed by atoms with E-state index in [1.54, 1.807) is 6.21 Å². The van der Waals surface area contributed by atoms with Crippen LogP contribution < -0.4 is 5.43 Å². The maximum absolute atomic E-state index is 9.08. The third kappa shape index (κ3) is 3.69. The lowest BCUT2D eigenvalue weighted by atomic mass is 9.97. The van der Waals surface area contributed by atoms with Crippen molar-refractivity contribution in [3.05, 3.63) is 47.0 Å². The summed E-state index contributed by atoms with van der Waals surface area (Å²) in [4.78, 5) is 4.17. The number of nitriles is 1. The molecule has 0 aliphatic rings. The maximum atomic E-state index is 9.08. The Labute approximate surface area is 124 Å². The highest BCUT2D eigenvalue weighted by atomic mass is 16.4. The van der Waals surface area contributed by atoms with Gasteiger partial charge in [0.25, 0.3) is 5.88 Å². The summed E-state index contributed by atoms with van der Waals surface area (Å²) in [7, 11) is 0. The van der Waals surface area contributed by atoms with Gasteiger partial charge in [-0.1, -0.05) is 50.6 Å². The van der Waals surface area contributed by atoms with Crippen molar-refractivity contribution < 1.29 is 4.42 Å². The number of anilines is 1. The monoisotopic (exact) mass is 282 g/mol. The Kier molecular flexibility index (Phi) is 4.08.